The molecule has 0 atom stereocenters. The van der Waals surface area contributed by atoms with Gasteiger partial charge >= 0.3 is 0 Å². The van der Waals surface area contributed by atoms with Gasteiger partial charge in [-0.15, -0.1) is 0 Å². The Bertz CT molecular complexity index is 888. The van der Waals surface area contributed by atoms with Crippen LogP contribution in [0.5, 0.6) is 11.5 Å². The lowest BCUT2D eigenvalue weighted by Crippen LogP contribution is -2.15. The van der Waals surface area contributed by atoms with E-state index >= 15 is 0 Å². The van der Waals surface area contributed by atoms with Crippen molar-refractivity contribution in [2.45, 2.75) is 12.8 Å². The lowest BCUT2D eigenvalue weighted by Gasteiger charge is -2.09. The SMILES string of the molecule is O=C(Cc1ccc2c(c1)OCCCO2)Nc1n[nH]c2ccccc12. The summed E-state index contributed by atoms with van der Waals surface area (Å²) < 4.78 is 11.3. The summed E-state index contributed by atoms with van der Waals surface area (Å²) in [5, 5.41) is 10.8. The standard InChI is InChI=1S/C18H17N3O3/c22-17(19-18-13-4-1-2-5-14(13)20-21-18)11-12-6-7-15-16(10-12)24-9-3-8-23-15/h1-2,4-7,10H,3,8-9,11H2,(H2,19,20,21,22). The highest BCUT2D eigenvalue weighted by Gasteiger charge is 2.13. The Labute approximate surface area is 138 Å². The van der Waals surface area contributed by atoms with Gasteiger partial charge in [0.25, 0.3) is 0 Å². The molecule has 0 aliphatic carbocycles. The molecule has 2 N–H and O–H groups in total. The highest BCUT2D eigenvalue weighted by molar-refractivity contribution is 6.00. The summed E-state index contributed by atoms with van der Waals surface area (Å²) in [7, 11) is 0. The number of amides is 1. The third-order valence-corrected chi connectivity index (χ3v) is 3.90. The molecule has 2 heterocycles. The number of rotatable bonds is 3. The van der Waals surface area contributed by atoms with Gasteiger partial charge in [0.05, 0.1) is 25.2 Å². The smallest absolute Gasteiger partial charge is 0.230 e. The summed E-state index contributed by atoms with van der Waals surface area (Å²) in [4.78, 5) is 12.3. The molecule has 0 bridgehead atoms. The van der Waals surface area contributed by atoms with E-state index in [1.165, 1.54) is 0 Å². The van der Waals surface area contributed by atoms with Crippen LogP contribution in [0.15, 0.2) is 42.5 Å². The van der Waals surface area contributed by atoms with Crippen LogP contribution >= 0.6 is 0 Å². The number of nitrogens with one attached hydrogen (secondary N) is 2. The van der Waals surface area contributed by atoms with Gasteiger partial charge in [0, 0.05) is 11.8 Å². The van der Waals surface area contributed by atoms with E-state index < -0.39 is 0 Å². The molecule has 1 amide bonds. The van der Waals surface area contributed by atoms with Gasteiger partial charge in [-0.1, -0.05) is 18.2 Å². The Morgan fingerprint density at radius 1 is 1.12 bits per heavy atom. The number of hydrogen-bond donors (Lipinski definition) is 2. The van der Waals surface area contributed by atoms with Gasteiger partial charge in [0.1, 0.15) is 0 Å². The van der Waals surface area contributed by atoms with Crippen LogP contribution in [0.3, 0.4) is 0 Å². The van der Waals surface area contributed by atoms with Gasteiger partial charge in [-0.25, -0.2) is 0 Å². The normalized spacial score (nSPS) is 13.5. The Hall–Kier alpha value is -3.02. The molecule has 1 aromatic heterocycles. The molecule has 122 valence electrons. The van der Waals surface area contributed by atoms with E-state index in [0.29, 0.717) is 24.8 Å². The monoisotopic (exact) mass is 323 g/mol. The molecule has 3 aromatic rings. The van der Waals surface area contributed by atoms with E-state index in [4.69, 9.17) is 9.47 Å². The maximum atomic E-state index is 12.3. The molecule has 0 unspecified atom stereocenters. The predicted octanol–water partition coefficient (Wildman–Crippen LogP) is 2.91. The maximum absolute atomic E-state index is 12.3. The average molecular weight is 323 g/mol. The zero-order valence-corrected chi connectivity index (χ0v) is 13.0. The fourth-order valence-corrected chi connectivity index (χ4v) is 2.74. The lowest BCUT2D eigenvalue weighted by atomic mass is 10.1. The zero-order valence-electron chi connectivity index (χ0n) is 13.0. The van der Waals surface area contributed by atoms with Gasteiger partial charge in [0.2, 0.25) is 5.91 Å². The lowest BCUT2D eigenvalue weighted by molar-refractivity contribution is -0.115. The minimum atomic E-state index is -0.123. The van der Waals surface area contributed by atoms with Gasteiger partial charge in [-0.2, -0.15) is 5.10 Å². The van der Waals surface area contributed by atoms with Crippen molar-refractivity contribution in [3.05, 3.63) is 48.0 Å². The van der Waals surface area contributed by atoms with Crippen molar-refractivity contribution in [2.24, 2.45) is 0 Å². The average Bonchev–Trinajstić information content (AvgIpc) is 2.84. The first kappa shape index (κ1) is 14.6. The van der Waals surface area contributed by atoms with E-state index in [0.717, 1.165) is 28.6 Å². The molecule has 0 fully saturated rings. The number of fused-ring (bicyclic) bond motifs is 2. The van der Waals surface area contributed by atoms with Gasteiger partial charge in [0.15, 0.2) is 17.3 Å². The van der Waals surface area contributed by atoms with Crippen molar-refractivity contribution >= 4 is 22.6 Å². The van der Waals surface area contributed by atoms with Crippen LogP contribution in [0.25, 0.3) is 10.9 Å². The molecule has 0 spiro atoms. The van der Waals surface area contributed by atoms with Crippen molar-refractivity contribution in [3.8, 4) is 11.5 Å². The molecular formula is C18H17N3O3. The van der Waals surface area contributed by atoms with Crippen LogP contribution < -0.4 is 14.8 Å². The molecule has 6 nitrogen and oxygen atoms in total. The predicted molar refractivity (Wildman–Crippen MR) is 90.5 cm³/mol. The van der Waals surface area contributed by atoms with E-state index in [2.05, 4.69) is 15.5 Å². The summed E-state index contributed by atoms with van der Waals surface area (Å²) in [5.41, 5.74) is 1.76. The molecule has 0 saturated heterocycles. The first-order valence-corrected chi connectivity index (χ1v) is 7.91. The Balaban J connectivity index is 1.49. The third-order valence-electron chi connectivity index (χ3n) is 3.90. The van der Waals surface area contributed by atoms with Gasteiger partial charge in [-0.05, 0) is 29.8 Å². The first-order chi connectivity index (χ1) is 11.8. The number of aromatic amines is 1. The maximum Gasteiger partial charge on any atom is 0.230 e. The topological polar surface area (TPSA) is 76.2 Å². The van der Waals surface area contributed by atoms with Gasteiger partial charge in [-0.3, -0.25) is 9.89 Å². The summed E-state index contributed by atoms with van der Waals surface area (Å²) >= 11 is 0. The molecule has 2 aromatic carbocycles. The molecular weight excluding hydrogens is 306 g/mol. The summed E-state index contributed by atoms with van der Waals surface area (Å²) in [6, 6.07) is 13.3. The van der Waals surface area contributed by atoms with Crippen LogP contribution in [0.1, 0.15) is 12.0 Å². The van der Waals surface area contributed by atoms with E-state index in [9.17, 15) is 4.79 Å². The fourth-order valence-electron chi connectivity index (χ4n) is 2.74. The number of H-pyrrole nitrogens is 1. The summed E-state index contributed by atoms with van der Waals surface area (Å²) in [5.74, 6) is 1.85. The number of para-hydroxylation sites is 1. The van der Waals surface area contributed by atoms with Gasteiger partial charge < -0.3 is 14.8 Å². The van der Waals surface area contributed by atoms with Crippen LogP contribution in [0.4, 0.5) is 5.82 Å². The van der Waals surface area contributed by atoms with E-state index in [1.54, 1.807) is 0 Å². The molecule has 4 rings (SSSR count). The number of benzene rings is 2. The van der Waals surface area contributed by atoms with Crippen molar-refractivity contribution in [1.29, 1.82) is 0 Å². The number of nitrogens with zero attached hydrogens (tertiary/aromatic N) is 1. The Morgan fingerprint density at radius 3 is 2.88 bits per heavy atom. The fraction of sp³-hybridized carbons (Fsp3) is 0.222. The van der Waals surface area contributed by atoms with E-state index in [1.807, 2.05) is 42.5 Å². The van der Waals surface area contributed by atoms with Crippen LogP contribution in [0.2, 0.25) is 0 Å². The molecule has 0 radical (unpaired) electrons. The van der Waals surface area contributed by atoms with Crippen LogP contribution in [-0.2, 0) is 11.2 Å². The largest absolute Gasteiger partial charge is 0.490 e. The molecule has 6 heteroatoms. The second kappa shape index (κ2) is 6.23. The Kier molecular flexibility index (Phi) is 3.78. The molecule has 1 aliphatic heterocycles. The van der Waals surface area contributed by atoms with Crippen LogP contribution in [-0.4, -0.2) is 29.3 Å². The number of hydrogen-bond acceptors (Lipinski definition) is 4. The molecule has 24 heavy (non-hydrogen) atoms. The minimum Gasteiger partial charge on any atom is -0.490 e. The quantitative estimate of drug-likeness (QED) is 0.777. The summed E-state index contributed by atoms with van der Waals surface area (Å²) in [6.07, 6.45) is 1.11. The molecule has 1 aliphatic rings. The molecule has 0 saturated carbocycles. The number of aromatic nitrogens is 2. The highest BCUT2D eigenvalue weighted by atomic mass is 16.5. The number of anilines is 1. The van der Waals surface area contributed by atoms with Crippen LogP contribution in [0, 0.1) is 0 Å². The van der Waals surface area contributed by atoms with Crippen molar-refractivity contribution in [3.63, 3.8) is 0 Å². The Morgan fingerprint density at radius 2 is 1.96 bits per heavy atom. The summed E-state index contributed by atoms with van der Waals surface area (Å²) in [6.45, 7) is 1.28. The second-order valence-corrected chi connectivity index (χ2v) is 5.67. The number of carbonyl (C=O) groups excluding carboxylic acids is 1. The third kappa shape index (κ3) is 2.90. The van der Waals surface area contributed by atoms with Crippen molar-refractivity contribution in [2.75, 3.05) is 18.5 Å². The minimum absolute atomic E-state index is 0.123. The van der Waals surface area contributed by atoms with Crippen molar-refractivity contribution < 1.29 is 14.3 Å². The first-order valence-electron chi connectivity index (χ1n) is 7.91. The highest BCUT2D eigenvalue weighted by Crippen LogP contribution is 2.30. The van der Waals surface area contributed by atoms with E-state index in [-0.39, 0.29) is 12.3 Å². The number of ether oxygens (including phenoxy) is 2. The van der Waals surface area contributed by atoms with Crippen molar-refractivity contribution in [1.82, 2.24) is 10.2 Å². The zero-order chi connectivity index (χ0) is 16.4. The second-order valence-electron chi connectivity index (χ2n) is 5.67. The number of carbonyl (C=O) groups is 1.